The molecular formula is C23H24N4O4. The van der Waals surface area contributed by atoms with Crippen LogP contribution in [0.5, 0.6) is 0 Å². The Bertz CT molecular complexity index is 1260. The Morgan fingerprint density at radius 2 is 2.03 bits per heavy atom. The van der Waals surface area contributed by atoms with E-state index < -0.39 is 5.97 Å². The first-order valence-corrected chi connectivity index (χ1v) is 10.5. The molecule has 0 spiro atoms. The van der Waals surface area contributed by atoms with E-state index in [0.29, 0.717) is 35.6 Å². The number of likely N-dealkylation sites (tertiary alicyclic amines) is 1. The fraction of sp³-hybridized carbons (Fsp3) is 0.348. The van der Waals surface area contributed by atoms with Crippen molar-refractivity contribution in [3.8, 4) is 0 Å². The number of aromatic nitrogens is 2. The van der Waals surface area contributed by atoms with E-state index in [-0.39, 0.29) is 29.6 Å². The van der Waals surface area contributed by atoms with Crippen LogP contribution < -0.4 is 10.9 Å². The summed E-state index contributed by atoms with van der Waals surface area (Å²) in [5.41, 5.74) is 3.02. The van der Waals surface area contributed by atoms with Gasteiger partial charge in [0.2, 0.25) is 5.91 Å². The molecule has 0 radical (unpaired) electrons. The van der Waals surface area contributed by atoms with Gasteiger partial charge in [0.25, 0.3) is 5.56 Å². The Labute approximate surface area is 178 Å². The normalized spacial score (nSPS) is 20.4. The molecule has 4 heterocycles. The summed E-state index contributed by atoms with van der Waals surface area (Å²) in [6.07, 6.45) is 1.02. The number of amides is 1. The van der Waals surface area contributed by atoms with E-state index in [2.05, 4.69) is 15.2 Å². The van der Waals surface area contributed by atoms with Crippen molar-refractivity contribution in [2.24, 2.45) is 5.92 Å². The summed E-state index contributed by atoms with van der Waals surface area (Å²) in [5, 5.41) is 13.1. The maximum Gasteiger partial charge on any atom is 0.354 e. The van der Waals surface area contributed by atoms with Crippen molar-refractivity contribution in [1.82, 2.24) is 14.5 Å². The summed E-state index contributed by atoms with van der Waals surface area (Å²) in [6, 6.07) is 11.0. The van der Waals surface area contributed by atoms with Crippen molar-refractivity contribution in [1.29, 1.82) is 0 Å². The zero-order valence-corrected chi connectivity index (χ0v) is 17.2. The van der Waals surface area contributed by atoms with Gasteiger partial charge in [0, 0.05) is 48.2 Å². The van der Waals surface area contributed by atoms with Crippen molar-refractivity contribution in [2.75, 3.05) is 25.0 Å². The summed E-state index contributed by atoms with van der Waals surface area (Å²) < 4.78 is 1.86. The lowest BCUT2D eigenvalue weighted by molar-refractivity contribution is -0.117. The van der Waals surface area contributed by atoms with Gasteiger partial charge in [0.1, 0.15) is 5.69 Å². The summed E-state index contributed by atoms with van der Waals surface area (Å²) in [5.74, 6) is -0.807. The number of aromatic carboxylic acids is 1. The number of aromatic amines is 1. The van der Waals surface area contributed by atoms with Crippen LogP contribution in [0.2, 0.25) is 0 Å². The van der Waals surface area contributed by atoms with Crippen LogP contribution in [0.4, 0.5) is 5.69 Å². The Kier molecular flexibility index (Phi) is 4.66. The molecule has 2 aromatic heterocycles. The first-order chi connectivity index (χ1) is 14.9. The molecule has 8 nitrogen and oxygen atoms in total. The average Bonchev–Trinajstić information content (AvgIpc) is 3.06. The van der Waals surface area contributed by atoms with Gasteiger partial charge < -0.3 is 20.0 Å². The molecule has 0 aliphatic carbocycles. The molecule has 3 aromatic rings. The third-order valence-electron chi connectivity index (χ3n) is 6.35. The minimum Gasteiger partial charge on any atom is -0.477 e. The lowest BCUT2D eigenvalue weighted by Crippen LogP contribution is -2.49. The van der Waals surface area contributed by atoms with Crippen LogP contribution in [0.1, 0.15) is 34.1 Å². The number of carbonyl (C=O) groups is 2. The lowest BCUT2D eigenvalue weighted by atomic mass is 9.83. The van der Waals surface area contributed by atoms with Gasteiger partial charge in [0.15, 0.2) is 0 Å². The number of nitrogens with one attached hydrogen (secondary N) is 2. The lowest BCUT2D eigenvalue weighted by Gasteiger charge is -2.42. The number of rotatable bonds is 4. The van der Waals surface area contributed by atoms with Gasteiger partial charge in [-0.3, -0.25) is 14.5 Å². The van der Waals surface area contributed by atoms with Crippen molar-refractivity contribution in [3.05, 3.63) is 63.7 Å². The Morgan fingerprint density at radius 3 is 2.84 bits per heavy atom. The molecule has 3 N–H and O–H groups in total. The number of aryl methyl sites for hydroxylation is 1. The number of benzene rings is 1. The molecule has 31 heavy (non-hydrogen) atoms. The highest BCUT2D eigenvalue weighted by molar-refractivity contribution is 6.11. The SMILES string of the molecule is Cc1ccc2[nH]c(C(=O)O)c(NC(=O)CN3C[C@H]4C[C@@H](C3)c3cccc(=O)n3C4)c2c1. The molecule has 1 aromatic carbocycles. The predicted molar refractivity (Wildman–Crippen MR) is 117 cm³/mol. The Morgan fingerprint density at radius 1 is 1.19 bits per heavy atom. The van der Waals surface area contributed by atoms with Gasteiger partial charge in [-0.15, -0.1) is 0 Å². The maximum atomic E-state index is 12.9. The van der Waals surface area contributed by atoms with E-state index in [4.69, 9.17) is 0 Å². The molecule has 1 fully saturated rings. The van der Waals surface area contributed by atoms with Crippen molar-refractivity contribution >= 4 is 28.5 Å². The van der Waals surface area contributed by atoms with Crippen molar-refractivity contribution in [2.45, 2.75) is 25.8 Å². The molecule has 0 saturated carbocycles. The number of hydrogen-bond acceptors (Lipinski definition) is 4. The van der Waals surface area contributed by atoms with Crippen molar-refractivity contribution < 1.29 is 14.7 Å². The molecule has 2 aliphatic rings. The minimum atomic E-state index is -1.11. The van der Waals surface area contributed by atoms with Crippen LogP contribution in [0.25, 0.3) is 10.9 Å². The fourth-order valence-electron chi connectivity index (χ4n) is 5.10. The number of anilines is 1. The largest absolute Gasteiger partial charge is 0.477 e. The van der Waals surface area contributed by atoms with E-state index in [1.165, 1.54) is 0 Å². The maximum absolute atomic E-state index is 12.9. The van der Waals surface area contributed by atoms with Gasteiger partial charge in [0.05, 0.1) is 12.2 Å². The number of H-pyrrole nitrogens is 1. The van der Waals surface area contributed by atoms with E-state index in [9.17, 15) is 19.5 Å². The number of piperidine rings is 1. The third kappa shape index (κ3) is 3.53. The summed E-state index contributed by atoms with van der Waals surface area (Å²) in [4.78, 5) is 41.8. The number of hydrogen-bond donors (Lipinski definition) is 3. The molecule has 5 rings (SSSR count). The summed E-state index contributed by atoms with van der Waals surface area (Å²) >= 11 is 0. The third-order valence-corrected chi connectivity index (χ3v) is 6.35. The second-order valence-electron chi connectivity index (χ2n) is 8.67. The molecule has 0 unspecified atom stereocenters. The first-order valence-electron chi connectivity index (χ1n) is 10.5. The monoisotopic (exact) mass is 420 g/mol. The molecule has 2 atom stereocenters. The van der Waals surface area contributed by atoms with E-state index in [1.54, 1.807) is 12.1 Å². The first kappa shape index (κ1) is 19.6. The molecule has 8 heteroatoms. The summed E-state index contributed by atoms with van der Waals surface area (Å²) in [6.45, 7) is 4.22. The second kappa shape index (κ2) is 7.39. The second-order valence-corrected chi connectivity index (χ2v) is 8.67. The van der Waals surface area contributed by atoms with Gasteiger partial charge in [-0.25, -0.2) is 4.79 Å². The van der Waals surface area contributed by atoms with E-state index >= 15 is 0 Å². The number of pyridine rings is 1. The molecule has 2 aliphatic heterocycles. The smallest absolute Gasteiger partial charge is 0.354 e. The van der Waals surface area contributed by atoms with Crippen LogP contribution in [-0.4, -0.2) is 51.1 Å². The highest BCUT2D eigenvalue weighted by Gasteiger charge is 2.35. The van der Waals surface area contributed by atoms with Crippen LogP contribution >= 0.6 is 0 Å². The number of carboxylic acids is 1. The van der Waals surface area contributed by atoms with Gasteiger partial charge in [-0.1, -0.05) is 17.7 Å². The van der Waals surface area contributed by atoms with Crippen LogP contribution in [-0.2, 0) is 11.3 Å². The minimum absolute atomic E-state index is 0.0160. The van der Waals surface area contributed by atoms with Gasteiger partial charge in [-0.05, 0) is 37.5 Å². The zero-order chi connectivity index (χ0) is 21.7. The topological polar surface area (TPSA) is 107 Å². The fourth-order valence-corrected chi connectivity index (χ4v) is 5.10. The van der Waals surface area contributed by atoms with Crippen LogP contribution in [0.3, 0.4) is 0 Å². The molecule has 160 valence electrons. The molecular weight excluding hydrogens is 396 g/mol. The summed E-state index contributed by atoms with van der Waals surface area (Å²) in [7, 11) is 0. The number of carboxylic acid groups (broad SMARTS) is 1. The molecule has 1 saturated heterocycles. The van der Waals surface area contributed by atoms with E-state index in [0.717, 1.165) is 24.2 Å². The standard InChI is InChI=1S/C23H24N4O4/c1-13-5-6-17-16(7-13)21(22(24-17)23(30)31)25-19(28)12-26-9-14-8-15(11-26)18-3-2-4-20(29)27(18)10-14/h2-7,14-15,24H,8-12H2,1H3,(H,25,28)(H,30,31)/t14-,15+/m1/s1. The number of carbonyl (C=O) groups excluding carboxylic acids is 1. The predicted octanol–water partition coefficient (Wildman–Crippen LogP) is 2.39. The van der Waals surface area contributed by atoms with Crippen LogP contribution in [0, 0.1) is 12.8 Å². The number of fused-ring (bicyclic) bond motifs is 5. The average molecular weight is 420 g/mol. The Hall–Kier alpha value is -3.39. The highest BCUT2D eigenvalue weighted by Crippen LogP contribution is 2.35. The molecule has 1 amide bonds. The zero-order valence-electron chi connectivity index (χ0n) is 17.2. The highest BCUT2D eigenvalue weighted by atomic mass is 16.4. The Balaban J connectivity index is 1.35. The van der Waals surface area contributed by atoms with E-state index in [1.807, 2.05) is 35.8 Å². The quantitative estimate of drug-likeness (QED) is 0.601. The molecule has 2 bridgehead atoms. The van der Waals surface area contributed by atoms with Gasteiger partial charge >= 0.3 is 5.97 Å². The van der Waals surface area contributed by atoms with Crippen molar-refractivity contribution in [3.63, 3.8) is 0 Å². The van der Waals surface area contributed by atoms with Gasteiger partial charge in [-0.2, -0.15) is 0 Å². The number of nitrogens with zero attached hydrogens (tertiary/aromatic N) is 2. The van der Waals surface area contributed by atoms with Crippen LogP contribution in [0.15, 0.2) is 41.2 Å².